The molecule has 2 fully saturated rings. The van der Waals surface area contributed by atoms with E-state index in [0.29, 0.717) is 32.2 Å². The first kappa shape index (κ1) is 22.6. The van der Waals surface area contributed by atoms with Crippen molar-refractivity contribution in [2.24, 2.45) is 5.92 Å². The normalized spacial score (nSPS) is 19.9. The number of likely N-dealkylation sites (tertiary alicyclic amines) is 1. The number of benzene rings is 1. The van der Waals surface area contributed by atoms with Crippen molar-refractivity contribution in [3.8, 4) is 0 Å². The Bertz CT molecular complexity index is 1000. The van der Waals surface area contributed by atoms with Crippen LogP contribution in [0.2, 0.25) is 0 Å². The highest BCUT2D eigenvalue weighted by Crippen LogP contribution is 2.21. The molecule has 0 radical (unpaired) electrons. The minimum absolute atomic E-state index is 0.0272. The average molecular weight is 441 g/mol. The van der Waals surface area contributed by atoms with Gasteiger partial charge in [0, 0.05) is 38.6 Å². The molecule has 1 saturated heterocycles. The Morgan fingerprint density at radius 2 is 1.66 bits per heavy atom. The van der Waals surface area contributed by atoms with Crippen LogP contribution in [0.5, 0.6) is 0 Å². The highest BCUT2D eigenvalue weighted by molar-refractivity contribution is 5.82. The van der Waals surface area contributed by atoms with Crippen molar-refractivity contribution < 1.29 is 9.59 Å². The molecule has 7 nitrogen and oxygen atoms in total. The van der Waals surface area contributed by atoms with Crippen LogP contribution < -0.4 is 11.0 Å². The van der Waals surface area contributed by atoms with Crippen LogP contribution in [0.15, 0.2) is 29.1 Å². The number of nitrogens with zero attached hydrogens (tertiary/aromatic N) is 3. The highest BCUT2D eigenvalue weighted by atomic mass is 16.2. The Balaban J connectivity index is 1.37. The number of fused-ring (bicyclic) bond motifs is 1. The average Bonchev–Trinajstić information content (AvgIpc) is 3.09. The van der Waals surface area contributed by atoms with E-state index in [1.54, 1.807) is 9.13 Å². The Labute approximate surface area is 189 Å². The van der Waals surface area contributed by atoms with Gasteiger partial charge < -0.3 is 10.2 Å². The minimum Gasteiger partial charge on any atom is -0.353 e. The summed E-state index contributed by atoms with van der Waals surface area (Å²) in [6, 6.07) is 8.08. The molecular weight excluding hydrogens is 404 g/mol. The summed E-state index contributed by atoms with van der Waals surface area (Å²) in [7, 11) is 0. The molecule has 2 aromatic rings. The lowest BCUT2D eigenvalue weighted by Crippen LogP contribution is -2.48. The second-order valence-electron chi connectivity index (χ2n) is 9.35. The van der Waals surface area contributed by atoms with Crippen LogP contribution in [-0.2, 0) is 22.7 Å². The fourth-order valence-corrected chi connectivity index (χ4v) is 5.28. The zero-order valence-corrected chi connectivity index (χ0v) is 19.2. The largest absolute Gasteiger partial charge is 0.353 e. The molecule has 0 spiro atoms. The minimum atomic E-state index is -0.121. The number of nitrogens with one attached hydrogen (secondary N) is 1. The van der Waals surface area contributed by atoms with Crippen molar-refractivity contribution in [1.29, 1.82) is 0 Å². The number of piperidine rings is 1. The van der Waals surface area contributed by atoms with E-state index in [1.165, 1.54) is 19.3 Å². The standard InChI is InChI=1S/C25H36N4O3/c1-2-15-28-21-12-6-7-13-22(21)29(25(28)32)17-14-23(30)27-16-8-9-19(18-27)24(31)26-20-10-4-3-5-11-20/h6-7,12-13,19-20H,2-5,8-11,14-18H2,1H3,(H,26,31). The summed E-state index contributed by atoms with van der Waals surface area (Å²) < 4.78 is 3.52. The van der Waals surface area contributed by atoms with Crippen LogP contribution in [0.4, 0.5) is 0 Å². The van der Waals surface area contributed by atoms with E-state index < -0.39 is 0 Å². The predicted octanol–water partition coefficient (Wildman–Crippen LogP) is 3.29. The molecule has 1 aromatic carbocycles. The second kappa shape index (κ2) is 10.4. The molecule has 1 aliphatic carbocycles. The van der Waals surface area contributed by atoms with Crippen LogP contribution in [0.1, 0.15) is 64.7 Å². The van der Waals surface area contributed by atoms with Crippen LogP contribution >= 0.6 is 0 Å². The molecule has 1 saturated carbocycles. The number of amides is 2. The number of aromatic nitrogens is 2. The SMILES string of the molecule is CCCn1c(=O)n(CCC(=O)N2CCCC(C(=O)NC3CCCCC3)C2)c2ccccc21. The number of para-hydroxylation sites is 2. The summed E-state index contributed by atoms with van der Waals surface area (Å²) in [6.45, 7) is 4.27. The Morgan fingerprint density at radius 1 is 0.969 bits per heavy atom. The summed E-state index contributed by atoms with van der Waals surface area (Å²) in [5.41, 5.74) is 1.75. The van der Waals surface area contributed by atoms with Crippen molar-refractivity contribution >= 4 is 22.8 Å². The summed E-state index contributed by atoms with van der Waals surface area (Å²) in [6.07, 6.45) is 8.63. The van der Waals surface area contributed by atoms with Crippen molar-refractivity contribution in [3.63, 3.8) is 0 Å². The summed E-state index contributed by atoms with van der Waals surface area (Å²) in [4.78, 5) is 40.5. The monoisotopic (exact) mass is 440 g/mol. The van der Waals surface area contributed by atoms with E-state index in [4.69, 9.17) is 0 Å². The van der Waals surface area contributed by atoms with Crippen molar-refractivity contribution in [2.75, 3.05) is 13.1 Å². The van der Waals surface area contributed by atoms with Gasteiger partial charge in [0.05, 0.1) is 17.0 Å². The summed E-state index contributed by atoms with van der Waals surface area (Å²) >= 11 is 0. The highest BCUT2D eigenvalue weighted by Gasteiger charge is 2.29. The third kappa shape index (κ3) is 4.92. The van der Waals surface area contributed by atoms with Gasteiger partial charge in [-0.15, -0.1) is 0 Å². The number of carbonyl (C=O) groups excluding carboxylic acids is 2. The fourth-order valence-electron chi connectivity index (χ4n) is 5.28. The van der Waals surface area contributed by atoms with Crippen LogP contribution in [0.3, 0.4) is 0 Å². The van der Waals surface area contributed by atoms with Gasteiger partial charge in [-0.25, -0.2) is 4.79 Å². The maximum atomic E-state index is 13.0. The quantitative estimate of drug-likeness (QED) is 0.718. The zero-order chi connectivity index (χ0) is 22.5. The number of hydrogen-bond acceptors (Lipinski definition) is 3. The van der Waals surface area contributed by atoms with Crippen molar-refractivity contribution in [3.05, 3.63) is 34.7 Å². The first-order valence-electron chi connectivity index (χ1n) is 12.3. The van der Waals surface area contributed by atoms with Gasteiger partial charge in [0.15, 0.2) is 0 Å². The van der Waals surface area contributed by atoms with E-state index in [2.05, 4.69) is 12.2 Å². The predicted molar refractivity (Wildman–Crippen MR) is 125 cm³/mol. The molecule has 1 aliphatic heterocycles. The molecule has 2 aliphatic rings. The molecule has 1 atom stereocenters. The number of hydrogen-bond donors (Lipinski definition) is 1. The second-order valence-corrected chi connectivity index (χ2v) is 9.35. The molecule has 1 N–H and O–H groups in total. The van der Waals surface area contributed by atoms with Gasteiger partial charge >= 0.3 is 5.69 Å². The van der Waals surface area contributed by atoms with Gasteiger partial charge in [-0.05, 0) is 44.2 Å². The maximum Gasteiger partial charge on any atom is 0.329 e. The third-order valence-corrected chi connectivity index (χ3v) is 7.02. The van der Waals surface area contributed by atoms with Gasteiger partial charge in [-0.2, -0.15) is 0 Å². The number of rotatable bonds is 7. The first-order chi connectivity index (χ1) is 15.6. The maximum absolute atomic E-state index is 13.0. The van der Waals surface area contributed by atoms with Crippen molar-refractivity contribution in [1.82, 2.24) is 19.4 Å². The Morgan fingerprint density at radius 3 is 2.34 bits per heavy atom. The molecular formula is C25H36N4O3. The number of aryl methyl sites for hydroxylation is 2. The van der Waals surface area contributed by atoms with Gasteiger partial charge in [0.2, 0.25) is 11.8 Å². The number of imidazole rings is 1. The fraction of sp³-hybridized carbons (Fsp3) is 0.640. The van der Waals surface area contributed by atoms with Gasteiger partial charge in [-0.1, -0.05) is 38.3 Å². The lowest BCUT2D eigenvalue weighted by atomic mass is 9.93. The zero-order valence-electron chi connectivity index (χ0n) is 19.2. The molecule has 2 heterocycles. The third-order valence-electron chi connectivity index (χ3n) is 7.02. The first-order valence-corrected chi connectivity index (χ1v) is 12.3. The van der Waals surface area contributed by atoms with Crippen LogP contribution in [-0.4, -0.2) is 45.0 Å². The Hall–Kier alpha value is -2.57. The van der Waals surface area contributed by atoms with E-state index in [1.807, 2.05) is 29.2 Å². The lowest BCUT2D eigenvalue weighted by molar-refractivity contribution is -0.136. The van der Waals surface area contributed by atoms with Gasteiger partial charge in [0.1, 0.15) is 0 Å². The van der Waals surface area contributed by atoms with E-state index in [9.17, 15) is 14.4 Å². The lowest BCUT2D eigenvalue weighted by Gasteiger charge is -2.33. The van der Waals surface area contributed by atoms with E-state index in [-0.39, 0.29) is 29.8 Å². The smallest absolute Gasteiger partial charge is 0.329 e. The topological polar surface area (TPSA) is 76.3 Å². The van der Waals surface area contributed by atoms with Crippen molar-refractivity contribution in [2.45, 2.75) is 83.8 Å². The van der Waals surface area contributed by atoms with Gasteiger partial charge in [0.25, 0.3) is 0 Å². The van der Waals surface area contributed by atoms with Gasteiger partial charge in [-0.3, -0.25) is 18.7 Å². The van der Waals surface area contributed by atoms with Crippen LogP contribution in [0.25, 0.3) is 11.0 Å². The molecule has 7 heteroatoms. The summed E-state index contributed by atoms with van der Waals surface area (Å²) in [5, 5.41) is 3.22. The summed E-state index contributed by atoms with van der Waals surface area (Å²) in [5.74, 6) is 0.0106. The molecule has 174 valence electrons. The number of carbonyl (C=O) groups is 2. The van der Waals surface area contributed by atoms with E-state index in [0.717, 1.165) is 43.1 Å². The molecule has 32 heavy (non-hydrogen) atoms. The van der Waals surface area contributed by atoms with Crippen LogP contribution in [0, 0.1) is 5.92 Å². The molecule has 1 aromatic heterocycles. The molecule has 1 unspecified atom stereocenters. The molecule has 2 amide bonds. The Kier molecular flexibility index (Phi) is 7.33. The van der Waals surface area contributed by atoms with E-state index >= 15 is 0 Å². The molecule has 0 bridgehead atoms. The molecule has 4 rings (SSSR count).